The molecule has 0 unspecified atom stereocenters. The number of hydrogen-bond donors (Lipinski definition) is 1. The third-order valence-electron chi connectivity index (χ3n) is 2.65. The molecule has 0 aliphatic rings. The van der Waals surface area contributed by atoms with Gasteiger partial charge in [0.25, 0.3) is 0 Å². The summed E-state index contributed by atoms with van der Waals surface area (Å²) in [6.45, 7) is 5.47. The first-order chi connectivity index (χ1) is 7.26. The summed E-state index contributed by atoms with van der Waals surface area (Å²) in [6.07, 6.45) is 0. The molecule has 90 valence electrons. The Bertz CT molecular complexity index is 481. The molecular weight excluding hydrogens is 224 g/mol. The average molecular weight is 242 g/mol. The van der Waals surface area contributed by atoms with Crippen LogP contribution in [0.1, 0.15) is 19.4 Å². The van der Waals surface area contributed by atoms with Crippen LogP contribution >= 0.6 is 0 Å². The first kappa shape index (κ1) is 13.0. The van der Waals surface area contributed by atoms with Gasteiger partial charge in [0.15, 0.2) is 0 Å². The fourth-order valence-corrected chi connectivity index (χ4v) is 2.71. The number of nitrogen functional groups attached to an aromatic ring is 1. The lowest BCUT2D eigenvalue weighted by Crippen LogP contribution is -2.33. The van der Waals surface area contributed by atoms with Crippen LogP contribution in [0.5, 0.6) is 0 Å². The maximum atomic E-state index is 12.1. The van der Waals surface area contributed by atoms with Gasteiger partial charge >= 0.3 is 0 Å². The van der Waals surface area contributed by atoms with Crippen LogP contribution in [-0.2, 0) is 10.0 Å². The molecule has 5 heteroatoms. The molecule has 0 aliphatic heterocycles. The molecule has 0 aliphatic carbocycles. The molecule has 1 aromatic rings. The van der Waals surface area contributed by atoms with Crippen LogP contribution in [-0.4, -0.2) is 25.8 Å². The van der Waals surface area contributed by atoms with Gasteiger partial charge in [0.05, 0.1) is 4.90 Å². The van der Waals surface area contributed by atoms with Crippen molar-refractivity contribution in [2.24, 2.45) is 0 Å². The summed E-state index contributed by atoms with van der Waals surface area (Å²) >= 11 is 0. The van der Waals surface area contributed by atoms with E-state index in [-0.39, 0.29) is 10.9 Å². The number of aryl methyl sites for hydroxylation is 1. The predicted molar refractivity (Wildman–Crippen MR) is 65.7 cm³/mol. The van der Waals surface area contributed by atoms with Gasteiger partial charge in [-0.1, -0.05) is 0 Å². The molecule has 0 amide bonds. The molecule has 4 nitrogen and oxygen atoms in total. The summed E-state index contributed by atoms with van der Waals surface area (Å²) in [5.74, 6) is 0. The smallest absolute Gasteiger partial charge is 0.243 e. The summed E-state index contributed by atoms with van der Waals surface area (Å²) in [5.41, 5.74) is 7.04. The van der Waals surface area contributed by atoms with Crippen LogP contribution in [0.25, 0.3) is 0 Å². The van der Waals surface area contributed by atoms with E-state index in [0.717, 1.165) is 5.56 Å². The number of anilines is 1. The van der Waals surface area contributed by atoms with Crippen molar-refractivity contribution in [3.63, 3.8) is 0 Å². The van der Waals surface area contributed by atoms with E-state index in [9.17, 15) is 8.42 Å². The predicted octanol–water partition coefficient (Wildman–Crippen LogP) is 1.61. The van der Waals surface area contributed by atoms with E-state index >= 15 is 0 Å². The largest absolute Gasteiger partial charge is 0.399 e. The van der Waals surface area contributed by atoms with Crippen molar-refractivity contribution in [2.75, 3.05) is 12.8 Å². The Labute approximate surface area is 97.1 Å². The number of sulfonamides is 1. The molecule has 0 saturated heterocycles. The highest BCUT2D eigenvalue weighted by molar-refractivity contribution is 7.89. The lowest BCUT2D eigenvalue weighted by atomic mass is 10.2. The molecule has 0 atom stereocenters. The van der Waals surface area contributed by atoms with Crippen molar-refractivity contribution in [1.82, 2.24) is 4.31 Å². The van der Waals surface area contributed by atoms with Crippen molar-refractivity contribution in [1.29, 1.82) is 0 Å². The Morgan fingerprint density at radius 3 is 2.31 bits per heavy atom. The van der Waals surface area contributed by atoms with Gasteiger partial charge in [0.2, 0.25) is 10.0 Å². The van der Waals surface area contributed by atoms with E-state index in [2.05, 4.69) is 0 Å². The maximum absolute atomic E-state index is 12.1. The van der Waals surface area contributed by atoms with Crippen LogP contribution in [0.2, 0.25) is 0 Å². The van der Waals surface area contributed by atoms with E-state index in [1.165, 1.54) is 10.4 Å². The SMILES string of the molecule is Cc1cc(S(=O)(=O)N(C)C(C)C)ccc1N. The second kappa shape index (κ2) is 4.43. The Kier molecular flexibility index (Phi) is 3.60. The minimum absolute atomic E-state index is 0.0668. The highest BCUT2D eigenvalue weighted by Gasteiger charge is 2.23. The molecule has 0 saturated carbocycles. The number of benzene rings is 1. The fourth-order valence-electron chi connectivity index (χ4n) is 1.25. The lowest BCUT2D eigenvalue weighted by Gasteiger charge is -2.21. The minimum Gasteiger partial charge on any atom is -0.399 e. The minimum atomic E-state index is -3.40. The highest BCUT2D eigenvalue weighted by atomic mass is 32.2. The Morgan fingerprint density at radius 2 is 1.88 bits per heavy atom. The zero-order valence-electron chi connectivity index (χ0n) is 10.1. The van der Waals surface area contributed by atoms with Crippen molar-refractivity contribution < 1.29 is 8.42 Å². The number of rotatable bonds is 3. The molecule has 0 bridgehead atoms. The van der Waals surface area contributed by atoms with Crippen LogP contribution in [0.15, 0.2) is 23.1 Å². The molecular formula is C11H18N2O2S. The Balaban J connectivity index is 3.23. The lowest BCUT2D eigenvalue weighted by molar-refractivity contribution is 0.410. The van der Waals surface area contributed by atoms with Gasteiger partial charge in [0, 0.05) is 18.8 Å². The van der Waals surface area contributed by atoms with Crippen LogP contribution in [0.4, 0.5) is 5.69 Å². The summed E-state index contributed by atoms with van der Waals surface area (Å²) in [5, 5.41) is 0. The van der Waals surface area contributed by atoms with Crippen LogP contribution in [0, 0.1) is 6.92 Å². The van der Waals surface area contributed by atoms with E-state index in [4.69, 9.17) is 5.73 Å². The highest BCUT2D eigenvalue weighted by Crippen LogP contribution is 2.20. The average Bonchev–Trinajstić information content (AvgIpc) is 2.20. The Hall–Kier alpha value is -1.07. The molecule has 0 radical (unpaired) electrons. The quantitative estimate of drug-likeness (QED) is 0.819. The second-order valence-corrected chi connectivity index (χ2v) is 6.13. The van der Waals surface area contributed by atoms with Gasteiger partial charge < -0.3 is 5.73 Å². The van der Waals surface area contributed by atoms with Gasteiger partial charge in [-0.3, -0.25) is 0 Å². The summed E-state index contributed by atoms with van der Waals surface area (Å²) in [4.78, 5) is 0.287. The van der Waals surface area contributed by atoms with Gasteiger partial charge in [-0.25, -0.2) is 8.42 Å². The summed E-state index contributed by atoms with van der Waals surface area (Å²) in [6, 6.07) is 4.69. The number of hydrogen-bond acceptors (Lipinski definition) is 3. The van der Waals surface area contributed by atoms with Gasteiger partial charge in [-0.05, 0) is 44.5 Å². The maximum Gasteiger partial charge on any atom is 0.243 e. The normalized spacial score (nSPS) is 12.4. The van der Waals surface area contributed by atoms with Crippen LogP contribution in [0.3, 0.4) is 0 Å². The van der Waals surface area contributed by atoms with E-state index in [1.807, 2.05) is 13.8 Å². The first-order valence-electron chi connectivity index (χ1n) is 5.11. The standard InChI is InChI=1S/C11H18N2O2S/c1-8(2)13(4)16(14,15)10-5-6-11(12)9(3)7-10/h5-8H,12H2,1-4H3. The van der Waals surface area contributed by atoms with E-state index in [0.29, 0.717) is 5.69 Å². The van der Waals surface area contributed by atoms with Gasteiger partial charge in [-0.2, -0.15) is 4.31 Å². The molecule has 1 rings (SSSR count). The molecule has 0 spiro atoms. The molecule has 0 aromatic heterocycles. The molecule has 0 heterocycles. The third-order valence-corrected chi connectivity index (χ3v) is 4.68. The van der Waals surface area contributed by atoms with Crippen molar-refractivity contribution in [3.05, 3.63) is 23.8 Å². The van der Waals surface area contributed by atoms with Gasteiger partial charge in [0.1, 0.15) is 0 Å². The Morgan fingerprint density at radius 1 is 1.31 bits per heavy atom. The second-order valence-electron chi connectivity index (χ2n) is 4.13. The van der Waals surface area contributed by atoms with E-state index in [1.54, 1.807) is 26.1 Å². The monoisotopic (exact) mass is 242 g/mol. The zero-order valence-corrected chi connectivity index (χ0v) is 10.9. The molecule has 16 heavy (non-hydrogen) atoms. The van der Waals surface area contributed by atoms with Crippen molar-refractivity contribution in [2.45, 2.75) is 31.7 Å². The molecule has 1 aromatic carbocycles. The topological polar surface area (TPSA) is 63.4 Å². The third kappa shape index (κ3) is 2.36. The first-order valence-corrected chi connectivity index (χ1v) is 6.55. The number of nitrogens with zero attached hydrogens (tertiary/aromatic N) is 1. The van der Waals surface area contributed by atoms with E-state index < -0.39 is 10.0 Å². The molecule has 0 fully saturated rings. The zero-order chi connectivity index (χ0) is 12.5. The van der Waals surface area contributed by atoms with Gasteiger partial charge in [-0.15, -0.1) is 0 Å². The van der Waals surface area contributed by atoms with Crippen LogP contribution < -0.4 is 5.73 Å². The number of nitrogens with two attached hydrogens (primary N) is 1. The van der Waals surface area contributed by atoms with Crippen molar-refractivity contribution >= 4 is 15.7 Å². The molecule has 2 N–H and O–H groups in total. The fraction of sp³-hybridized carbons (Fsp3) is 0.455. The summed E-state index contributed by atoms with van der Waals surface area (Å²) in [7, 11) is -1.82. The summed E-state index contributed by atoms with van der Waals surface area (Å²) < 4.78 is 25.6. The van der Waals surface area contributed by atoms with Crippen molar-refractivity contribution in [3.8, 4) is 0 Å².